The quantitative estimate of drug-likeness (QED) is 0.584. The predicted molar refractivity (Wildman–Crippen MR) is 89.7 cm³/mol. The standard InChI is InChI=1S/C19H20BrNO2/c20-19-8-15-5-16(9-19)7-18(6-15,12-19)17(22)23-11-14-3-1-13(10-21)2-4-14/h1-4,15-16H,5-9,11-12H2/t15-,16-,18?,19?/m1/s1. The Morgan fingerprint density at radius 2 is 1.87 bits per heavy atom. The van der Waals surface area contributed by atoms with Gasteiger partial charge in [-0.1, -0.05) is 28.1 Å². The van der Waals surface area contributed by atoms with Crippen LogP contribution in [0.3, 0.4) is 0 Å². The van der Waals surface area contributed by atoms with Gasteiger partial charge in [0.15, 0.2) is 0 Å². The highest BCUT2D eigenvalue weighted by Crippen LogP contribution is 2.64. The second-order valence-corrected chi connectivity index (χ2v) is 9.46. The molecule has 4 fully saturated rings. The lowest BCUT2D eigenvalue weighted by atomic mass is 9.49. The maximum absolute atomic E-state index is 12.8. The summed E-state index contributed by atoms with van der Waals surface area (Å²) >= 11 is 3.93. The normalized spacial score (nSPS) is 37.4. The van der Waals surface area contributed by atoms with E-state index in [4.69, 9.17) is 10.00 Å². The van der Waals surface area contributed by atoms with E-state index >= 15 is 0 Å². The number of rotatable bonds is 3. The van der Waals surface area contributed by atoms with E-state index in [1.165, 1.54) is 19.3 Å². The average molecular weight is 374 g/mol. The number of nitrogens with zero attached hydrogens (tertiary/aromatic N) is 1. The lowest BCUT2D eigenvalue weighted by Gasteiger charge is -2.58. The fourth-order valence-corrected chi connectivity index (χ4v) is 6.82. The molecule has 4 aliphatic carbocycles. The molecule has 0 N–H and O–H groups in total. The van der Waals surface area contributed by atoms with Gasteiger partial charge in [-0.05, 0) is 68.1 Å². The fraction of sp³-hybridized carbons (Fsp3) is 0.579. The Morgan fingerprint density at radius 3 is 2.43 bits per heavy atom. The Kier molecular flexibility index (Phi) is 3.53. The minimum atomic E-state index is -0.264. The van der Waals surface area contributed by atoms with Gasteiger partial charge in [0.05, 0.1) is 17.0 Å². The molecule has 1 aromatic carbocycles. The van der Waals surface area contributed by atoms with E-state index in [2.05, 4.69) is 22.0 Å². The first-order valence-corrected chi connectivity index (χ1v) is 9.15. The summed E-state index contributed by atoms with van der Waals surface area (Å²) < 4.78 is 5.86. The third-order valence-corrected chi connectivity index (χ3v) is 6.80. The van der Waals surface area contributed by atoms with Crippen molar-refractivity contribution in [2.75, 3.05) is 0 Å². The van der Waals surface area contributed by atoms with E-state index in [-0.39, 0.29) is 15.7 Å². The highest BCUT2D eigenvalue weighted by molar-refractivity contribution is 9.10. The minimum absolute atomic E-state index is 0.0141. The van der Waals surface area contributed by atoms with Gasteiger partial charge in [0, 0.05) is 4.32 Å². The van der Waals surface area contributed by atoms with Gasteiger partial charge in [0.25, 0.3) is 0 Å². The van der Waals surface area contributed by atoms with Crippen LogP contribution in [0, 0.1) is 28.6 Å². The van der Waals surface area contributed by atoms with Gasteiger partial charge in [-0.25, -0.2) is 0 Å². The third-order valence-electron chi connectivity index (χ3n) is 5.88. The zero-order chi connectivity index (χ0) is 16.1. The molecule has 120 valence electrons. The van der Waals surface area contributed by atoms with Crippen LogP contribution in [-0.4, -0.2) is 10.3 Å². The van der Waals surface area contributed by atoms with Crippen LogP contribution in [0.5, 0.6) is 0 Å². The number of halogens is 1. The van der Waals surface area contributed by atoms with Gasteiger partial charge in [0.2, 0.25) is 0 Å². The Balaban J connectivity index is 1.45. The molecular formula is C19H20BrNO2. The van der Waals surface area contributed by atoms with Crippen molar-refractivity contribution in [2.45, 2.75) is 49.5 Å². The molecule has 1 aromatic rings. The first kappa shape index (κ1) is 15.2. The van der Waals surface area contributed by atoms with Gasteiger partial charge in [-0.15, -0.1) is 0 Å². The molecule has 4 bridgehead atoms. The van der Waals surface area contributed by atoms with Crippen LogP contribution >= 0.6 is 15.9 Å². The van der Waals surface area contributed by atoms with E-state index in [1.54, 1.807) is 12.1 Å². The molecule has 0 aromatic heterocycles. The number of alkyl halides is 1. The monoisotopic (exact) mass is 373 g/mol. The maximum Gasteiger partial charge on any atom is 0.312 e. The van der Waals surface area contributed by atoms with Crippen molar-refractivity contribution in [1.82, 2.24) is 0 Å². The van der Waals surface area contributed by atoms with Crippen molar-refractivity contribution in [3.05, 3.63) is 35.4 Å². The lowest BCUT2D eigenvalue weighted by Crippen LogP contribution is -2.56. The molecule has 3 nitrogen and oxygen atoms in total. The largest absolute Gasteiger partial charge is 0.460 e. The van der Waals surface area contributed by atoms with Crippen LogP contribution in [0.1, 0.15) is 49.7 Å². The number of esters is 1. The fourth-order valence-electron chi connectivity index (χ4n) is 5.37. The van der Waals surface area contributed by atoms with Gasteiger partial charge in [0.1, 0.15) is 6.61 Å². The molecule has 0 unspecified atom stereocenters. The van der Waals surface area contributed by atoms with E-state index in [9.17, 15) is 4.79 Å². The Hall–Kier alpha value is -1.34. The smallest absolute Gasteiger partial charge is 0.312 e. The number of hydrogen-bond donors (Lipinski definition) is 0. The van der Waals surface area contributed by atoms with Crippen LogP contribution < -0.4 is 0 Å². The molecular weight excluding hydrogens is 354 g/mol. The topological polar surface area (TPSA) is 50.1 Å². The number of carbonyl (C=O) groups is 1. The zero-order valence-corrected chi connectivity index (χ0v) is 14.6. The summed E-state index contributed by atoms with van der Waals surface area (Å²) in [7, 11) is 0. The molecule has 0 amide bonds. The predicted octanol–water partition coefficient (Wildman–Crippen LogP) is 4.34. The summed E-state index contributed by atoms with van der Waals surface area (Å²) in [5.74, 6) is 1.34. The van der Waals surface area contributed by atoms with Crippen molar-refractivity contribution in [3.8, 4) is 6.07 Å². The first-order chi connectivity index (χ1) is 11.0. The van der Waals surface area contributed by atoms with Crippen molar-refractivity contribution in [2.24, 2.45) is 17.3 Å². The van der Waals surface area contributed by atoms with Crippen molar-refractivity contribution >= 4 is 21.9 Å². The van der Waals surface area contributed by atoms with Gasteiger partial charge in [-0.3, -0.25) is 4.79 Å². The van der Waals surface area contributed by atoms with Crippen molar-refractivity contribution in [3.63, 3.8) is 0 Å². The molecule has 4 saturated carbocycles. The molecule has 4 heteroatoms. The van der Waals surface area contributed by atoms with Gasteiger partial charge >= 0.3 is 5.97 Å². The second-order valence-electron chi connectivity index (χ2n) is 7.78. The molecule has 0 saturated heterocycles. The summed E-state index contributed by atoms with van der Waals surface area (Å²) in [5, 5.41) is 8.83. The highest BCUT2D eigenvalue weighted by atomic mass is 79.9. The molecule has 4 aliphatic rings. The first-order valence-electron chi connectivity index (χ1n) is 8.36. The zero-order valence-electron chi connectivity index (χ0n) is 13.1. The molecule has 0 heterocycles. The van der Waals surface area contributed by atoms with Crippen LogP contribution in [0.4, 0.5) is 0 Å². The molecule has 0 radical (unpaired) electrons. The maximum atomic E-state index is 12.8. The SMILES string of the molecule is N#Cc1ccc(COC(=O)C23C[C@H]4C[C@@H](CC(Br)(C4)C2)C3)cc1. The number of ether oxygens (including phenoxy) is 1. The van der Waals surface area contributed by atoms with E-state index in [1.807, 2.05) is 12.1 Å². The van der Waals surface area contributed by atoms with Crippen molar-refractivity contribution in [1.29, 1.82) is 5.26 Å². The Bertz CT molecular complexity index is 662. The molecule has 2 atom stereocenters. The minimum Gasteiger partial charge on any atom is -0.460 e. The summed E-state index contributed by atoms with van der Waals surface area (Å²) in [6.07, 6.45) is 6.66. The van der Waals surface area contributed by atoms with E-state index in [0.717, 1.165) is 24.8 Å². The Labute approximate surface area is 145 Å². The van der Waals surface area contributed by atoms with E-state index < -0.39 is 0 Å². The van der Waals surface area contributed by atoms with Crippen LogP contribution in [0.2, 0.25) is 0 Å². The Morgan fingerprint density at radius 1 is 1.22 bits per heavy atom. The number of carbonyl (C=O) groups excluding carboxylic acids is 1. The molecule has 5 rings (SSSR count). The number of nitriles is 1. The molecule has 0 spiro atoms. The van der Waals surface area contributed by atoms with Crippen molar-refractivity contribution < 1.29 is 9.53 Å². The second kappa shape index (κ2) is 5.34. The van der Waals surface area contributed by atoms with Gasteiger partial charge < -0.3 is 4.74 Å². The van der Waals surface area contributed by atoms with Gasteiger partial charge in [-0.2, -0.15) is 5.26 Å². The average Bonchev–Trinajstić information content (AvgIpc) is 2.50. The highest BCUT2D eigenvalue weighted by Gasteiger charge is 2.60. The third kappa shape index (κ3) is 2.70. The van der Waals surface area contributed by atoms with Crippen LogP contribution in [-0.2, 0) is 16.1 Å². The number of benzene rings is 1. The molecule has 23 heavy (non-hydrogen) atoms. The van der Waals surface area contributed by atoms with E-state index in [0.29, 0.717) is 24.0 Å². The lowest BCUT2D eigenvalue weighted by molar-refractivity contribution is -0.170. The summed E-state index contributed by atoms with van der Waals surface area (Å²) in [5.41, 5.74) is 1.30. The molecule has 0 aliphatic heterocycles. The summed E-state index contributed by atoms with van der Waals surface area (Å²) in [6.45, 7) is 0.302. The van der Waals surface area contributed by atoms with Crippen LogP contribution in [0.25, 0.3) is 0 Å². The number of hydrogen-bond acceptors (Lipinski definition) is 3. The van der Waals surface area contributed by atoms with Crippen LogP contribution in [0.15, 0.2) is 24.3 Å². The summed E-state index contributed by atoms with van der Waals surface area (Å²) in [6, 6.07) is 9.35. The summed E-state index contributed by atoms with van der Waals surface area (Å²) in [4.78, 5) is 12.8.